The Labute approximate surface area is 199 Å². The lowest BCUT2D eigenvalue weighted by Crippen LogP contribution is -2.58. The van der Waals surface area contributed by atoms with Gasteiger partial charge in [0, 0.05) is 18.5 Å². The van der Waals surface area contributed by atoms with Crippen LogP contribution in [0.2, 0.25) is 0 Å². The number of carbonyl (C=O) groups is 2. The van der Waals surface area contributed by atoms with E-state index in [9.17, 15) is 9.59 Å². The Kier molecular flexibility index (Phi) is 6.52. The maximum absolute atomic E-state index is 13.5. The molecule has 1 saturated heterocycles. The van der Waals surface area contributed by atoms with Crippen molar-refractivity contribution >= 4 is 11.8 Å². The van der Waals surface area contributed by atoms with Crippen LogP contribution in [-0.2, 0) is 22.7 Å². The van der Waals surface area contributed by atoms with Crippen LogP contribution >= 0.6 is 0 Å². The van der Waals surface area contributed by atoms with Crippen molar-refractivity contribution in [2.45, 2.75) is 84.3 Å². The van der Waals surface area contributed by atoms with Crippen molar-refractivity contribution in [1.82, 2.24) is 15.5 Å². The molecule has 1 aromatic carbocycles. The lowest BCUT2D eigenvalue weighted by Gasteiger charge is -2.55. The van der Waals surface area contributed by atoms with Crippen LogP contribution in [0, 0.1) is 29.1 Å². The van der Waals surface area contributed by atoms with E-state index in [4.69, 9.17) is 0 Å². The fourth-order valence-electron chi connectivity index (χ4n) is 7.48. The minimum Gasteiger partial charge on any atom is -0.350 e. The normalized spacial score (nSPS) is 31.7. The van der Waals surface area contributed by atoms with E-state index < -0.39 is 6.04 Å². The predicted octanol–water partition coefficient (Wildman–Crippen LogP) is 4.26. The number of hydrogen-bond acceptors (Lipinski definition) is 3. The second-order valence-electron chi connectivity index (χ2n) is 11.9. The van der Waals surface area contributed by atoms with Crippen molar-refractivity contribution < 1.29 is 9.59 Å². The van der Waals surface area contributed by atoms with Gasteiger partial charge in [0.2, 0.25) is 11.8 Å². The van der Waals surface area contributed by atoms with Gasteiger partial charge in [-0.25, -0.2) is 0 Å². The zero-order chi connectivity index (χ0) is 23.0. The molecule has 5 nitrogen and oxygen atoms in total. The quantitative estimate of drug-likeness (QED) is 0.621. The van der Waals surface area contributed by atoms with E-state index in [0.717, 1.165) is 49.1 Å². The van der Waals surface area contributed by atoms with Gasteiger partial charge in [0.05, 0.1) is 0 Å². The first kappa shape index (κ1) is 22.9. The average molecular weight is 452 g/mol. The van der Waals surface area contributed by atoms with E-state index in [2.05, 4.69) is 39.8 Å². The molecule has 5 heteroatoms. The number of amides is 2. The number of rotatable bonds is 8. The average Bonchev–Trinajstić information content (AvgIpc) is 3.28. The van der Waals surface area contributed by atoms with Crippen molar-refractivity contribution in [1.29, 1.82) is 0 Å². The van der Waals surface area contributed by atoms with Gasteiger partial charge in [-0.15, -0.1) is 0 Å². The molecule has 1 atom stereocenters. The molecule has 0 aromatic heterocycles. The Hall–Kier alpha value is -1.88. The second kappa shape index (κ2) is 9.40. The molecular weight excluding hydrogens is 410 g/mol. The van der Waals surface area contributed by atoms with E-state index in [1.54, 1.807) is 0 Å². The van der Waals surface area contributed by atoms with Gasteiger partial charge in [0.25, 0.3) is 0 Å². The third-order valence-corrected chi connectivity index (χ3v) is 8.85. The van der Waals surface area contributed by atoms with E-state index in [1.807, 2.05) is 13.8 Å². The van der Waals surface area contributed by atoms with Crippen LogP contribution in [0.25, 0.3) is 0 Å². The first-order valence-corrected chi connectivity index (χ1v) is 13.3. The molecule has 0 radical (unpaired) electrons. The largest absolute Gasteiger partial charge is 0.350 e. The number of carbonyl (C=O) groups excluding carboxylic acids is 2. The molecule has 4 aliphatic carbocycles. The van der Waals surface area contributed by atoms with E-state index in [-0.39, 0.29) is 23.1 Å². The highest BCUT2D eigenvalue weighted by Crippen LogP contribution is 2.60. The Morgan fingerprint density at radius 3 is 2.03 bits per heavy atom. The fourth-order valence-corrected chi connectivity index (χ4v) is 7.48. The van der Waals surface area contributed by atoms with Crippen LogP contribution in [0.4, 0.5) is 0 Å². The third-order valence-electron chi connectivity index (χ3n) is 8.85. The molecule has 2 N–H and O–H groups in total. The molecule has 4 bridgehead atoms. The van der Waals surface area contributed by atoms with Gasteiger partial charge in [-0.3, -0.25) is 14.5 Å². The number of likely N-dealkylation sites (tertiary alicyclic amines) is 1. The number of hydrogen-bond donors (Lipinski definition) is 2. The smallest absolute Gasteiger partial charge is 0.243 e. The maximum atomic E-state index is 13.5. The summed E-state index contributed by atoms with van der Waals surface area (Å²) < 4.78 is 0. The molecule has 1 aromatic rings. The molecule has 0 unspecified atom stereocenters. The monoisotopic (exact) mass is 451 g/mol. The fraction of sp³-hybridized carbons (Fsp3) is 0.714. The highest BCUT2D eigenvalue weighted by molar-refractivity contribution is 5.90. The molecule has 0 spiro atoms. The Bertz CT molecular complexity index is 821. The maximum Gasteiger partial charge on any atom is 0.243 e. The van der Waals surface area contributed by atoms with Gasteiger partial charge in [-0.1, -0.05) is 38.1 Å². The third kappa shape index (κ3) is 4.99. The lowest BCUT2D eigenvalue weighted by molar-refractivity contribution is -0.149. The van der Waals surface area contributed by atoms with Crippen molar-refractivity contribution in [2.24, 2.45) is 29.1 Å². The molecule has 5 fully saturated rings. The molecule has 2 amide bonds. The Balaban J connectivity index is 1.16. The van der Waals surface area contributed by atoms with Crippen molar-refractivity contribution in [3.05, 3.63) is 35.4 Å². The standard InChI is InChI=1S/C28H41N3O2/c1-19(2)25(30-27(33)28-14-22-11-23(15-28)13-24(12-22)16-28)26(32)29-17-20-5-7-21(8-6-20)18-31-9-3-4-10-31/h5-8,19,22-25H,3-4,9-18H2,1-2H3,(H,29,32)(H,30,33)/t22?,23?,24?,25-,28?/m0/s1. The van der Waals surface area contributed by atoms with Gasteiger partial charge in [0.15, 0.2) is 0 Å². The molecule has 180 valence electrons. The Morgan fingerprint density at radius 2 is 1.48 bits per heavy atom. The zero-order valence-corrected chi connectivity index (χ0v) is 20.4. The summed E-state index contributed by atoms with van der Waals surface area (Å²) >= 11 is 0. The number of benzene rings is 1. The first-order valence-electron chi connectivity index (χ1n) is 13.3. The molecule has 6 rings (SSSR count). The molecule has 1 heterocycles. The minimum atomic E-state index is -0.472. The first-order chi connectivity index (χ1) is 15.9. The summed E-state index contributed by atoms with van der Waals surface area (Å²) in [6, 6.07) is 8.11. The molecule has 33 heavy (non-hydrogen) atoms. The minimum absolute atomic E-state index is 0.0608. The summed E-state index contributed by atoms with van der Waals surface area (Å²) in [5.41, 5.74) is 2.21. The number of nitrogens with one attached hydrogen (secondary N) is 2. The van der Waals surface area contributed by atoms with Gasteiger partial charge in [0.1, 0.15) is 6.04 Å². The van der Waals surface area contributed by atoms with E-state index in [0.29, 0.717) is 6.54 Å². The van der Waals surface area contributed by atoms with Crippen LogP contribution < -0.4 is 10.6 Å². The summed E-state index contributed by atoms with van der Waals surface area (Å²) in [6.07, 6.45) is 9.65. The molecule has 4 saturated carbocycles. The summed E-state index contributed by atoms with van der Waals surface area (Å²) in [5.74, 6) is 2.31. The van der Waals surface area contributed by atoms with Crippen molar-refractivity contribution in [3.63, 3.8) is 0 Å². The van der Waals surface area contributed by atoms with Gasteiger partial charge < -0.3 is 10.6 Å². The zero-order valence-electron chi connectivity index (χ0n) is 20.4. The SMILES string of the molecule is CC(C)[C@H](NC(=O)C12CC3CC(CC(C3)C1)C2)C(=O)NCc1ccc(CN2CCCC2)cc1. The van der Waals surface area contributed by atoms with Gasteiger partial charge >= 0.3 is 0 Å². The van der Waals surface area contributed by atoms with Gasteiger partial charge in [-0.2, -0.15) is 0 Å². The molecule has 1 aliphatic heterocycles. The van der Waals surface area contributed by atoms with E-state index in [1.165, 1.54) is 50.8 Å². The van der Waals surface area contributed by atoms with Crippen LogP contribution in [-0.4, -0.2) is 35.8 Å². The highest BCUT2D eigenvalue weighted by Gasteiger charge is 2.55. The summed E-state index contributed by atoms with van der Waals surface area (Å²) in [5, 5.41) is 6.29. The highest BCUT2D eigenvalue weighted by atomic mass is 16.2. The van der Waals surface area contributed by atoms with Gasteiger partial charge in [-0.05, 0) is 99.3 Å². The molecular formula is C28H41N3O2. The topological polar surface area (TPSA) is 61.4 Å². The summed E-state index contributed by atoms with van der Waals surface area (Å²) in [6.45, 7) is 7.96. The van der Waals surface area contributed by atoms with Crippen LogP contribution in [0.5, 0.6) is 0 Å². The van der Waals surface area contributed by atoms with Crippen LogP contribution in [0.3, 0.4) is 0 Å². The van der Waals surface area contributed by atoms with Crippen molar-refractivity contribution in [2.75, 3.05) is 13.1 Å². The lowest BCUT2D eigenvalue weighted by atomic mass is 9.49. The van der Waals surface area contributed by atoms with E-state index >= 15 is 0 Å². The van der Waals surface area contributed by atoms with Crippen LogP contribution in [0.1, 0.15) is 76.3 Å². The Morgan fingerprint density at radius 1 is 0.939 bits per heavy atom. The number of nitrogens with zero attached hydrogens (tertiary/aromatic N) is 1. The predicted molar refractivity (Wildman–Crippen MR) is 130 cm³/mol. The second-order valence-corrected chi connectivity index (χ2v) is 11.9. The van der Waals surface area contributed by atoms with Crippen LogP contribution in [0.15, 0.2) is 24.3 Å². The van der Waals surface area contributed by atoms with Crippen molar-refractivity contribution in [3.8, 4) is 0 Å². The summed E-state index contributed by atoms with van der Waals surface area (Å²) in [4.78, 5) is 29.1. The molecule has 5 aliphatic rings. The summed E-state index contributed by atoms with van der Waals surface area (Å²) in [7, 11) is 0.